The number of esters is 1. The van der Waals surface area contributed by atoms with Crippen LogP contribution in [0.3, 0.4) is 0 Å². The van der Waals surface area contributed by atoms with Crippen LogP contribution < -0.4 is 5.32 Å². The lowest BCUT2D eigenvalue weighted by Gasteiger charge is -2.10. The minimum atomic E-state index is -0.437. The van der Waals surface area contributed by atoms with Crippen molar-refractivity contribution in [3.8, 4) is 0 Å². The largest absolute Gasteiger partial charge is 0.465 e. The number of ether oxygens (including phenoxy) is 1. The van der Waals surface area contributed by atoms with Crippen molar-refractivity contribution in [2.75, 3.05) is 12.4 Å². The Hall–Kier alpha value is -2.70. The molecule has 0 bridgehead atoms. The first-order chi connectivity index (χ1) is 10.1. The molecule has 0 saturated heterocycles. The van der Waals surface area contributed by atoms with E-state index in [1.165, 1.54) is 7.11 Å². The molecule has 0 atom stereocenters. The van der Waals surface area contributed by atoms with Gasteiger partial charge in [-0.3, -0.25) is 9.48 Å². The van der Waals surface area contributed by atoms with E-state index in [0.717, 1.165) is 5.56 Å². The van der Waals surface area contributed by atoms with Gasteiger partial charge in [0.25, 0.3) is 0 Å². The molecule has 1 aromatic heterocycles. The van der Waals surface area contributed by atoms with Crippen molar-refractivity contribution < 1.29 is 14.3 Å². The van der Waals surface area contributed by atoms with Crippen LogP contribution in [0, 0.1) is 6.92 Å². The van der Waals surface area contributed by atoms with E-state index in [9.17, 15) is 9.59 Å². The van der Waals surface area contributed by atoms with Crippen LogP contribution in [0.2, 0.25) is 0 Å². The van der Waals surface area contributed by atoms with Crippen LogP contribution in [0.5, 0.6) is 0 Å². The van der Waals surface area contributed by atoms with E-state index in [0.29, 0.717) is 17.8 Å². The fourth-order valence-electron chi connectivity index (χ4n) is 1.78. The highest BCUT2D eigenvalue weighted by Gasteiger charge is 2.10. The van der Waals surface area contributed by atoms with E-state index >= 15 is 0 Å². The van der Waals surface area contributed by atoms with Crippen LogP contribution >= 0.6 is 0 Å². The SMILES string of the molecule is COC(=O)c1ccc(C)c(NC(=O)CCn2ccnn2)c1. The lowest BCUT2D eigenvalue weighted by Crippen LogP contribution is -2.16. The van der Waals surface area contributed by atoms with Gasteiger partial charge in [-0.15, -0.1) is 5.10 Å². The van der Waals surface area contributed by atoms with Crippen molar-refractivity contribution in [3.05, 3.63) is 41.7 Å². The summed E-state index contributed by atoms with van der Waals surface area (Å²) in [6, 6.07) is 5.03. The van der Waals surface area contributed by atoms with E-state index < -0.39 is 5.97 Å². The number of aromatic nitrogens is 3. The number of hydrogen-bond donors (Lipinski definition) is 1. The molecule has 1 N–H and O–H groups in total. The Bertz CT molecular complexity index is 638. The molecule has 0 aliphatic rings. The predicted octanol–water partition coefficient (Wildman–Crippen LogP) is 1.40. The lowest BCUT2D eigenvalue weighted by atomic mass is 10.1. The lowest BCUT2D eigenvalue weighted by molar-refractivity contribution is -0.116. The number of carbonyl (C=O) groups excluding carboxylic acids is 2. The van der Waals surface area contributed by atoms with Crippen molar-refractivity contribution >= 4 is 17.6 Å². The van der Waals surface area contributed by atoms with Crippen molar-refractivity contribution in [2.24, 2.45) is 0 Å². The van der Waals surface area contributed by atoms with E-state index in [-0.39, 0.29) is 12.3 Å². The molecule has 0 saturated carbocycles. The summed E-state index contributed by atoms with van der Waals surface area (Å²) < 4.78 is 6.24. The van der Waals surface area contributed by atoms with Gasteiger partial charge in [-0.1, -0.05) is 11.3 Å². The molecular formula is C14H16N4O3. The maximum Gasteiger partial charge on any atom is 0.337 e. The summed E-state index contributed by atoms with van der Waals surface area (Å²) >= 11 is 0. The number of anilines is 1. The zero-order valence-electron chi connectivity index (χ0n) is 11.9. The molecule has 0 radical (unpaired) electrons. The number of hydrogen-bond acceptors (Lipinski definition) is 5. The average molecular weight is 288 g/mol. The van der Waals surface area contributed by atoms with Crippen LogP contribution in [0.1, 0.15) is 22.3 Å². The van der Waals surface area contributed by atoms with Gasteiger partial charge in [0.15, 0.2) is 0 Å². The number of aryl methyl sites for hydroxylation is 2. The van der Waals surface area contributed by atoms with Crippen LogP contribution in [-0.4, -0.2) is 34.0 Å². The second-order valence-corrected chi connectivity index (χ2v) is 4.49. The van der Waals surface area contributed by atoms with Gasteiger partial charge in [0.1, 0.15) is 0 Å². The standard InChI is InChI=1S/C14H16N4O3/c1-10-3-4-11(14(20)21-2)9-12(10)16-13(19)5-7-18-8-6-15-17-18/h3-4,6,8-9H,5,7H2,1-2H3,(H,16,19). The summed E-state index contributed by atoms with van der Waals surface area (Å²) in [4.78, 5) is 23.4. The Morgan fingerprint density at radius 1 is 1.38 bits per heavy atom. The van der Waals surface area contributed by atoms with Crippen LogP contribution in [-0.2, 0) is 16.1 Å². The van der Waals surface area contributed by atoms with Crippen LogP contribution in [0.25, 0.3) is 0 Å². The zero-order valence-corrected chi connectivity index (χ0v) is 11.9. The molecule has 110 valence electrons. The third kappa shape index (κ3) is 3.88. The smallest absolute Gasteiger partial charge is 0.337 e. The first kappa shape index (κ1) is 14.7. The Balaban J connectivity index is 2.01. The zero-order chi connectivity index (χ0) is 15.2. The second kappa shape index (κ2) is 6.65. The summed E-state index contributed by atoms with van der Waals surface area (Å²) in [7, 11) is 1.32. The number of amides is 1. The minimum Gasteiger partial charge on any atom is -0.465 e. The summed E-state index contributed by atoms with van der Waals surface area (Å²) in [6.07, 6.45) is 3.52. The Kier molecular flexibility index (Phi) is 4.65. The molecule has 0 fully saturated rings. The normalized spacial score (nSPS) is 10.2. The molecule has 7 nitrogen and oxygen atoms in total. The van der Waals surface area contributed by atoms with E-state index in [4.69, 9.17) is 0 Å². The topological polar surface area (TPSA) is 86.1 Å². The monoisotopic (exact) mass is 288 g/mol. The Labute approximate surface area is 121 Å². The van der Waals surface area contributed by atoms with Crippen molar-refractivity contribution in [1.29, 1.82) is 0 Å². The maximum atomic E-state index is 11.9. The first-order valence-corrected chi connectivity index (χ1v) is 6.43. The molecule has 2 rings (SSSR count). The summed E-state index contributed by atoms with van der Waals surface area (Å²) in [5.74, 6) is -0.594. The fraction of sp³-hybridized carbons (Fsp3) is 0.286. The highest BCUT2D eigenvalue weighted by Crippen LogP contribution is 2.17. The van der Waals surface area contributed by atoms with Gasteiger partial charge in [0.2, 0.25) is 5.91 Å². The van der Waals surface area contributed by atoms with Gasteiger partial charge in [-0.05, 0) is 24.6 Å². The molecule has 1 heterocycles. The Morgan fingerprint density at radius 3 is 2.86 bits per heavy atom. The number of benzene rings is 1. The molecule has 7 heteroatoms. The molecule has 0 aliphatic carbocycles. The molecule has 2 aromatic rings. The third-order valence-electron chi connectivity index (χ3n) is 2.97. The summed E-state index contributed by atoms with van der Waals surface area (Å²) in [5.41, 5.74) is 1.87. The van der Waals surface area contributed by atoms with Gasteiger partial charge in [-0.25, -0.2) is 4.79 Å². The highest BCUT2D eigenvalue weighted by molar-refractivity contribution is 5.95. The molecule has 0 unspecified atom stereocenters. The maximum absolute atomic E-state index is 11.9. The Morgan fingerprint density at radius 2 is 2.19 bits per heavy atom. The molecule has 1 aromatic carbocycles. The number of nitrogens with zero attached hydrogens (tertiary/aromatic N) is 3. The second-order valence-electron chi connectivity index (χ2n) is 4.49. The molecule has 0 spiro atoms. The number of nitrogens with one attached hydrogen (secondary N) is 1. The van der Waals surface area contributed by atoms with Gasteiger partial charge < -0.3 is 10.1 Å². The highest BCUT2D eigenvalue weighted by atomic mass is 16.5. The average Bonchev–Trinajstić information content (AvgIpc) is 3.00. The summed E-state index contributed by atoms with van der Waals surface area (Å²) in [6.45, 7) is 2.30. The number of carbonyl (C=O) groups is 2. The van der Waals surface area contributed by atoms with Crippen LogP contribution in [0.15, 0.2) is 30.6 Å². The van der Waals surface area contributed by atoms with E-state index in [1.807, 2.05) is 6.92 Å². The fourth-order valence-corrected chi connectivity index (χ4v) is 1.78. The third-order valence-corrected chi connectivity index (χ3v) is 2.97. The number of methoxy groups -OCH3 is 1. The molecule has 0 aliphatic heterocycles. The van der Waals surface area contributed by atoms with Gasteiger partial charge >= 0.3 is 5.97 Å². The molecule has 1 amide bonds. The van der Waals surface area contributed by atoms with E-state index in [2.05, 4.69) is 20.4 Å². The van der Waals surface area contributed by atoms with Crippen molar-refractivity contribution in [2.45, 2.75) is 19.9 Å². The minimum absolute atomic E-state index is 0.157. The van der Waals surface area contributed by atoms with E-state index in [1.54, 1.807) is 35.3 Å². The van der Waals surface area contributed by atoms with Gasteiger partial charge in [0.05, 0.1) is 25.4 Å². The number of rotatable bonds is 5. The van der Waals surface area contributed by atoms with Crippen molar-refractivity contribution in [1.82, 2.24) is 15.0 Å². The summed E-state index contributed by atoms with van der Waals surface area (Å²) in [5, 5.41) is 10.2. The van der Waals surface area contributed by atoms with Gasteiger partial charge in [-0.2, -0.15) is 0 Å². The predicted molar refractivity (Wildman–Crippen MR) is 75.8 cm³/mol. The van der Waals surface area contributed by atoms with Crippen molar-refractivity contribution in [3.63, 3.8) is 0 Å². The first-order valence-electron chi connectivity index (χ1n) is 6.43. The molecule has 21 heavy (non-hydrogen) atoms. The van der Waals surface area contributed by atoms with Crippen LogP contribution in [0.4, 0.5) is 5.69 Å². The quantitative estimate of drug-likeness (QED) is 0.840. The molecular weight excluding hydrogens is 272 g/mol. The van der Waals surface area contributed by atoms with Gasteiger partial charge in [0, 0.05) is 18.3 Å².